The van der Waals surface area contributed by atoms with Gasteiger partial charge in [-0.2, -0.15) is 13.2 Å². The number of hydrogen-bond acceptors (Lipinski definition) is 2. The first-order chi connectivity index (χ1) is 13.7. The van der Waals surface area contributed by atoms with Crippen molar-refractivity contribution in [3.8, 4) is 0 Å². The van der Waals surface area contributed by atoms with Gasteiger partial charge in [-0.3, -0.25) is 4.79 Å². The highest BCUT2D eigenvalue weighted by atomic mass is 19.4. The van der Waals surface area contributed by atoms with E-state index in [0.717, 1.165) is 16.7 Å². The predicted molar refractivity (Wildman–Crippen MR) is 101 cm³/mol. The van der Waals surface area contributed by atoms with Crippen LogP contribution in [0.25, 0.3) is 0 Å². The summed E-state index contributed by atoms with van der Waals surface area (Å²) < 4.78 is 31.7. The summed E-state index contributed by atoms with van der Waals surface area (Å²) in [6.45, 7) is 0. The fourth-order valence-corrected chi connectivity index (χ4v) is 2.93. The van der Waals surface area contributed by atoms with E-state index < -0.39 is 23.5 Å². The number of rotatable bonds is 4. The molecule has 0 heterocycles. The number of aliphatic carboxylic acids is 2. The number of carbonyl (C=O) groups is 2. The SMILES string of the molecule is O=C(O)C(F)(F)F.O=C(O)C(c1ccccc1)(c1ccccc1)c1ccccc1. The molecule has 0 aliphatic heterocycles. The van der Waals surface area contributed by atoms with Gasteiger partial charge in [0.2, 0.25) is 0 Å². The molecule has 3 aromatic carbocycles. The van der Waals surface area contributed by atoms with E-state index in [4.69, 9.17) is 9.90 Å². The molecule has 3 rings (SSSR count). The Labute approximate surface area is 164 Å². The van der Waals surface area contributed by atoms with Crippen molar-refractivity contribution in [2.24, 2.45) is 0 Å². The van der Waals surface area contributed by atoms with E-state index in [2.05, 4.69) is 0 Å². The zero-order chi connectivity index (χ0) is 21.5. The van der Waals surface area contributed by atoms with Crippen LogP contribution in [0.5, 0.6) is 0 Å². The fourth-order valence-electron chi connectivity index (χ4n) is 2.93. The minimum absolute atomic E-state index is 0.750. The van der Waals surface area contributed by atoms with Gasteiger partial charge in [0.15, 0.2) is 0 Å². The van der Waals surface area contributed by atoms with Crippen LogP contribution in [-0.2, 0) is 15.0 Å². The average Bonchev–Trinajstić information content (AvgIpc) is 2.71. The first-order valence-corrected chi connectivity index (χ1v) is 8.40. The molecule has 0 aromatic heterocycles. The van der Waals surface area contributed by atoms with Crippen molar-refractivity contribution in [1.29, 1.82) is 0 Å². The van der Waals surface area contributed by atoms with Crippen LogP contribution in [0, 0.1) is 0 Å². The molecule has 150 valence electrons. The fraction of sp³-hybridized carbons (Fsp3) is 0.0909. The largest absolute Gasteiger partial charge is 0.490 e. The Hall–Kier alpha value is -3.61. The summed E-state index contributed by atoms with van der Waals surface area (Å²) >= 11 is 0. The van der Waals surface area contributed by atoms with E-state index in [1.807, 2.05) is 91.0 Å². The molecule has 4 nitrogen and oxygen atoms in total. The second-order valence-electron chi connectivity index (χ2n) is 5.96. The zero-order valence-electron chi connectivity index (χ0n) is 15.0. The Bertz CT molecular complexity index is 843. The van der Waals surface area contributed by atoms with E-state index in [1.165, 1.54) is 0 Å². The lowest BCUT2D eigenvalue weighted by Crippen LogP contribution is -2.38. The van der Waals surface area contributed by atoms with E-state index >= 15 is 0 Å². The van der Waals surface area contributed by atoms with Crippen LogP contribution < -0.4 is 0 Å². The van der Waals surface area contributed by atoms with Crippen molar-refractivity contribution in [1.82, 2.24) is 0 Å². The molecule has 0 saturated carbocycles. The second kappa shape index (κ2) is 9.05. The molecule has 0 radical (unpaired) electrons. The molecular weight excluding hydrogens is 385 g/mol. The molecule has 29 heavy (non-hydrogen) atoms. The Kier molecular flexibility index (Phi) is 6.77. The van der Waals surface area contributed by atoms with E-state index in [-0.39, 0.29) is 0 Å². The van der Waals surface area contributed by atoms with Gasteiger partial charge >= 0.3 is 18.1 Å². The topological polar surface area (TPSA) is 74.6 Å². The van der Waals surface area contributed by atoms with Gasteiger partial charge in [-0.05, 0) is 16.7 Å². The number of benzene rings is 3. The monoisotopic (exact) mass is 402 g/mol. The molecule has 0 spiro atoms. The molecular formula is C22H17F3O4. The van der Waals surface area contributed by atoms with Crippen LogP contribution in [0.4, 0.5) is 13.2 Å². The molecule has 0 bridgehead atoms. The highest BCUT2D eigenvalue weighted by molar-refractivity contribution is 5.90. The summed E-state index contributed by atoms with van der Waals surface area (Å²) in [6, 6.07) is 28.1. The van der Waals surface area contributed by atoms with Gasteiger partial charge in [-0.15, -0.1) is 0 Å². The minimum Gasteiger partial charge on any atom is -0.480 e. The third-order valence-corrected chi connectivity index (χ3v) is 4.18. The lowest BCUT2D eigenvalue weighted by molar-refractivity contribution is -0.192. The Morgan fingerprint density at radius 3 is 0.966 bits per heavy atom. The third kappa shape index (κ3) is 4.82. The van der Waals surface area contributed by atoms with E-state index in [9.17, 15) is 23.1 Å². The van der Waals surface area contributed by atoms with E-state index in [0.29, 0.717) is 0 Å². The molecule has 0 fully saturated rings. The smallest absolute Gasteiger partial charge is 0.480 e. The van der Waals surface area contributed by atoms with Crippen LogP contribution in [0.15, 0.2) is 91.0 Å². The van der Waals surface area contributed by atoms with Crippen LogP contribution in [0.2, 0.25) is 0 Å². The molecule has 2 N–H and O–H groups in total. The standard InChI is InChI=1S/C20H16O2.C2HF3O2/c21-19(22)20(16-10-4-1-5-11-16,17-12-6-2-7-13-17)18-14-8-3-9-15-18;3-2(4,5)1(6)7/h1-15H,(H,21,22);(H,6,7). The maximum absolute atomic E-state index is 12.4. The summed E-state index contributed by atoms with van der Waals surface area (Å²) in [4.78, 5) is 21.3. The zero-order valence-corrected chi connectivity index (χ0v) is 15.0. The number of alkyl halides is 3. The lowest BCUT2D eigenvalue weighted by atomic mass is 9.69. The number of hydrogen-bond donors (Lipinski definition) is 2. The van der Waals surface area contributed by atoms with Crippen molar-refractivity contribution < 1.29 is 33.0 Å². The Morgan fingerprint density at radius 2 is 0.793 bits per heavy atom. The van der Waals surface area contributed by atoms with Gasteiger partial charge in [-0.1, -0.05) is 91.0 Å². The maximum Gasteiger partial charge on any atom is 0.490 e. The highest BCUT2D eigenvalue weighted by Gasteiger charge is 2.43. The Morgan fingerprint density at radius 1 is 0.552 bits per heavy atom. The number of carboxylic acid groups (broad SMARTS) is 2. The van der Waals surface area contributed by atoms with Gasteiger partial charge < -0.3 is 10.2 Å². The van der Waals surface area contributed by atoms with Gasteiger partial charge in [0.05, 0.1) is 0 Å². The first kappa shape index (κ1) is 21.7. The normalized spacial score (nSPS) is 11.1. The molecule has 0 aliphatic carbocycles. The van der Waals surface area contributed by atoms with Crippen molar-refractivity contribution >= 4 is 11.9 Å². The van der Waals surface area contributed by atoms with Gasteiger partial charge in [0, 0.05) is 0 Å². The van der Waals surface area contributed by atoms with Crippen LogP contribution >= 0.6 is 0 Å². The summed E-state index contributed by atoms with van der Waals surface area (Å²) in [5.41, 5.74) is 1.05. The summed E-state index contributed by atoms with van der Waals surface area (Å²) in [5, 5.41) is 17.3. The Balaban J connectivity index is 0.000000370. The lowest BCUT2D eigenvalue weighted by Gasteiger charge is -2.31. The van der Waals surface area contributed by atoms with Crippen molar-refractivity contribution in [2.45, 2.75) is 11.6 Å². The molecule has 0 saturated heterocycles. The minimum atomic E-state index is -5.08. The third-order valence-electron chi connectivity index (χ3n) is 4.18. The van der Waals surface area contributed by atoms with Crippen molar-refractivity contribution in [2.75, 3.05) is 0 Å². The van der Waals surface area contributed by atoms with Crippen LogP contribution in [-0.4, -0.2) is 28.3 Å². The summed E-state index contributed by atoms with van der Waals surface area (Å²) in [5.74, 6) is -3.64. The average molecular weight is 402 g/mol. The highest BCUT2D eigenvalue weighted by Crippen LogP contribution is 2.39. The van der Waals surface area contributed by atoms with Gasteiger partial charge in [0.25, 0.3) is 0 Å². The van der Waals surface area contributed by atoms with Crippen LogP contribution in [0.1, 0.15) is 16.7 Å². The number of carboxylic acids is 2. The molecule has 3 aromatic rings. The number of halogens is 3. The van der Waals surface area contributed by atoms with E-state index in [1.54, 1.807) is 0 Å². The first-order valence-electron chi connectivity index (χ1n) is 8.40. The van der Waals surface area contributed by atoms with Gasteiger partial charge in [0.1, 0.15) is 5.41 Å². The molecule has 0 unspecified atom stereocenters. The quantitative estimate of drug-likeness (QED) is 0.619. The van der Waals surface area contributed by atoms with Gasteiger partial charge in [-0.25, -0.2) is 4.79 Å². The maximum atomic E-state index is 12.4. The second-order valence-corrected chi connectivity index (χ2v) is 5.96. The molecule has 7 heteroatoms. The molecule has 0 aliphatic rings. The summed E-state index contributed by atoms with van der Waals surface area (Å²) in [6.07, 6.45) is -5.08. The predicted octanol–water partition coefficient (Wildman–Crippen LogP) is 4.74. The van der Waals surface area contributed by atoms with Crippen molar-refractivity contribution in [3.05, 3.63) is 108 Å². The summed E-state index contributed by atoms with van der Waals surface area (Å²) in [7, 11) is 0. The molecule has 0 atom stereocenters. The molecule has 0 amide bonds. The van der Waals surface area contributed by atoms with Crippen molar-refractivity contribution in [3.63, 3.8) is 0 Å². The van der Waals surface area contributed by atoms with Crippen LogP contribution in [0.3, 0.4) is 0 Å².